The number of hydrogen-bond acceptors (Lipinski definition) is 0. The first-order valence-electron chi connectivity index (χ1n) is 4.61. The van der Waals surface area contributed by atoms with Crippen LogP contribution in [-0.4, -0.2) is 9.05 Å². The molecule has 0 aliphatic carbocycles. The molecule has 1 heteroatoms. The maximum Gasteiger partial charge on any atom is -0.0809 e. The van der Waals surface area contributed by atoms with Crippen molar-refractivity contribution in [1.29, 1.82) is 0 Å². The molecule has 0 aliphatic heterocycles. The van der Waals surface area contributed by atoms with Crippen LogP contribution in [0, 0.1) is 0 Å². The molecule has 77 valence electrons. The summed E-state index contributed by atoms with van der Waals surface area (Å²) in [7, 11) is 0. The number of fused-ring (bicyclic) bond motifs is 1. The van der Waals surface area contributed by atoms with E-state index in [1.807, 2.05) is 0 Å². The van der Waals surface area contributed by atoms with Gasteiger partial charge in [0.1, 0.15) is 0 Å². The fourth-order valence-corrected chi connectivity index (χ4v) is 1.98. The second kappa shape index (κ2) is 6.64. The Bertz CT molecular complexity index is 395. The molecule has 0 atom stereocenters. The molecule has 0 saturated carbocycles. The van der Waals surface area contributed by atoms with Gasteiger partial charge in [-0.15, -0.1) is 29.7 Å². The van der Waals surface area contributed by atoms with Gasteiger partial charge in [-0.05, 0) is 0 Å². The minimum Gasteiger partial charge on any atom is -0.168 e. The summed E-state index contributed by atoms with van der Waals surface area (Å²) in [5.74, 6) is 0. The Hall–Kier alpha value is -0.781. The van der Waals surface area contributed by atoms with Gasteiger partial charge in [-0.2, -0.15) is 17.5 Å². The fraction of sp³-hybridized carbons (Fsp3) is 0.154. The van der Waals surface area contributed by atoms with Crippen molar-refractivity contribution in [2.45, 2.75) is 13.8 Å². The quantitative estimate of drug-likeness (QED) is 0.630. The van der Waals surface area contributed by atoms with E-state index in [9.17, 15) is 0 Å². The fourth-order valence-electron chi connectivity index (χ4n) is 1.18. The van der Waals surface area contributed by atoms with Crippen molar-refractivity contribution in [3.05, 3.63) is 42.5 Å². The Morgan fingerprint density at radius 3 is 2.36 bits per heavy atom. The van der Waals surface area contributed by atoms with E-state index in [1.54, 1.807) is 0 Å². The third-order valence-corrected chi connectivity index (χ3v) is 3.37. The Labute approximate surface area is 92.9 Å². The molecule has 0 fully saturated rings. The van der Waals surface area contributed by atoms with E-state index in [1.165, 1.54) is 10.8 Å². The first kappa shape index (κ1) is 11.3. The number of rotatable bonds is 0. The summed E-state index contributed by atoms with van der Waals surface area (Å²) in [6, 6.07) is 14.7. The third-order valence-electron chi connectivity index (χ3n) is 1.77. The maximum absolute atomic E-state index is 2.25. The van der Waals surface area contributed by atoms with Crippen molar-refractivity contribution in [1.82, 2.24) is 0 Å². The van der Waals surface area contributed by atoms with Crippen molar-refractivity contribution in [3.8, 4) is 0 Å². The molecule has 0 N–H and O–H groups in total. The molecular formula is C13H15Ir-. The van der Waals surface area contributed by atoms with E-state index in [2.05, 4.69) is 65.4 Å². The largest absolute Gasteiger partial charge is 0.168 e. The van der Waals surface area contributed by atoms with E-state index in [4.69, 9.17) is 0 Å². The van der Waals surface area contributed by atoms with E-state index < -0.39 is 0 Å². The topological polar surface area (TPSA) is 0 Å². The van der Waals surface area contributed by atoms with Gasteiger partial charge in [0, 0.05) is 0 Å². The van der Waals surface area contributed by atoms with Crippen molar-refractivity contribution >= 4 is 19.8 Å². The van der Waals surface area contributed by atoms with Gasteiger partial charge in [0.15, 0.2) is 0 Å². The summed E-state index contributed by atoms with van der Waals surface area (Å²) in [6.07, 6.45) is 0. The van der Waals surface area contributed by atoms with Gasteiger partial charge in [0.25, 0.3) is 0 Å². The minimum absolute atomic E-state index is 0.278. The van der Waals surface area contributed by atoms with Crippen molar-refractivity contribution in [2.24, 2.45) is 0 Å². The first-order chi connectivity index (χ1) is 6.88. The van der Waals surface area contributed by atoms with Gasteiger partial charge in [-0.3, -0.25) is 0 Å². The minimum atomic E-state index is 0.278. The van der Waals surface area contributed by atoms with Crippen LogP contribution in [0.1, 0.15) is 13.8 Å². The zero-order valence-corrected chi connectivity index (χ0v) is 10.9. The third kappa shape index (κ3) is 3.53. The Balaban J connectivity index is 0.000000171. The van der Waals surface area contributed by atoms with Crippen LogP contribution in [0.15, 0.2) is 42.5 Å². The monoisotopic (exact) mass is 364 g/mol. The summed E-state index contributed by atoms with van der Waals surface area (Å²) in [5.41, 5.74) is 0. The smallest absolute Gasteiger partial charge is 0.0809 e. The number of hydrogen-bond donors (Lipinski definition) is 0. The second-order valence-electron chi connectivity index (χ2n) is 2.65. The van der Waals surface area contributed by atoms with Crippen LogP contribution in [0.4, 0.5) is 0 Å². The van der Waals surface area contributed by atoms with Gasteiger partial charge in [0.05, 0.1) is 0 Å². The first-order valence-corrected chi connectivity index (χ1v) is 7.38. The van der Waals surface area contributed by atoms with Crippen LogP contribution in [0.5, 0.6) is 0 Å². The average Bonchev–Trinajstić information content (AvgIpc) is 2.67. The van der Waals surface area contributed by atoms with Crippen LogP contribution in [0.2, 0.25) is 0 Å². The Morgan fingerprint density at radius 2 is 1.79 bits per heavy atom. The van der Waals surface area contributed by atoms with Crippen LogP contribution >= 0.6 is 0 Å². The molecule has 14 heavy (non-hydrogen) atoms. The van der Waals surface area contributed by atoms with Crippen LogP contribution in [-0.2, 0) is 16.8 Å². The van der Waals surface area contributed by atoms with Crippen molar-refractivity contribution < 1.29 is 16.8 Å². The Morgan fingerprint density at radius 1 is 1.07 bits per heavy atom. The summed E-state index contributed by atoms with van der Waals surface area (Å²) in [6.45, 7) is 4.22. The molecule has 2 rings (SSSR count). The predicted octanol–water partition coefficient (Wildman–Crippen LogP) is 3.27. The molecule has 0 aliphatic rings. The van der Waals surface area contributed by atoms with Gasteiger partial charge in [0.2, 0.25) is 0 Å². The molecule has 0 heterocycles. The molecule has 0 spiro atoms. The predicted molar refractivity (Wildman–Crippen MR) is 63.0 cm³/mol. The molecule has 0 bridgehead atoms. The van der Waals surface area contributed by atoms with E-state index in [-0.39, 0.29) is 16.8 Å². The van der Waals surface area contributed by atoms with Gasteiger partial charge >= 0.3 is 39.7 Å². The van der Waals surface area contributed by atoms with E-state index in [0.29, 0.717) is 0 Å². The van der Waals surface area contributed by atoms with Gasteiger partial charge < -0.3 is 0 Å². The number of benzene rings is 1. The summed E-state index contributed by atoms with van der Waals surface area (Å²) < 4.78 is 4.50. The molecule has 0 saturated heterocycles. The van der Waals surface area contributed by atoms with Crippen molar-refractivity contribution in [3.63, 3.8) is 0 Å². The van der Waals surface area contributed by atoms with Crippen molar-refractivity contribution in [2.75, 3.05) is 0 Å². The standard InChI is InChI=1S/C9H7.2C2H4.Ir/c1-2-5-9-7-3-6-8(9)4-1;2*1-2;/h1-7H;2*1H,2H3;/q-1;;;. The van der Waals surface area contributed by atoms with Crippen LogP contribution < -0.4 is 0 Å². The molecule has 0 radical (unpaired) electrons. The van der Waals surface area contributed by atoms with Gasteiger partial charge in [-0.1, -0.05) is 6.07 Å². The zero-order valence-electron chi connectivity index (χ0n) is 8.53. The molecule has 0 nitrogen and oxygen atoms in total. The average molecular weight is 363 g/mol. The molecule has 0 amide bonds. The maximum atomic E-state index is 2.25. The zero-order chi connectivity index (χ0) is 10.2. The van der Waals surface area contributed by atoms with Gasteiger partial charge in [-0.25, -0.2) is 0 Å². The molecule has 2 aromatic carbocycles. The SMILES string of the molecule is C[CH]=[Ir]=[CH]C.c1ccc2[cH-]ccc2c1. The molecular weight excluding hydrogens is 348 g/mol. The second-order valence-corrected chi connectivity index (χ2v) is 6.21. The van der Waals surface area contributed by atoms with Crippen LogP contribution in [0.3, 0.4) is 0 Å². The summed E-state index contributed by atoms with van der Waals surface area (Å²) >= 11 is 0.278. The molecule has 0 aromatic heterocycles. The van der Waals surface area contributed by atoms with Crippen LogP contribution in [0.25, 0.3) is 10.8 Å². The normalized spacial score (nSPS) is 9.00. The summed E-state index contributed by atoms with van der Waals surface area (Å²) in [4.78, 5) is 0. The summed E-state index contributed by atoms with van der Waals surface area (Å²) in [5, 5.41) is 2.66. The molecule has 0 unspecified atom stereocenters. The Kier molecular flexibility index (Phi) is 5.36. The van der Waals surface area contributed by atoms with E-state index >= 15 is 0 Å². The molecule has 2 aromatic rings. The van der Waals surface area contributed by atoms with E-state index in [0.717, 1.165) is 0 Å².